The average Bonchev–Trinajstić information content (AvgIpc) is 2.69. The molecule has 10 heteroatoms. The van der Waals surface area contributed by atoms with Gasteiger partial charge in [0, 0.05) is 0 Å². The molecule has 3 saturated heterocycles. The number of carbonyl (C=O) groups excluding carboxylic acids is 3. The lowest BCUT2D eigenvalue weighted by molar-refractivity contribution is -0.230. The van der Waals surface area contributed by atoms with Gasteiger partial charge in [0.1, 0.15) is 18.3 Å². The molecule has 2 bridgehead atoms. The maximum absolute atomic E-state index is 12.7. The summed E-state index contributed by atoms with van der Waals surface area (Å²) in [5, 5.41) is 36.1. The van der Waals surface area contributed by atoms with Gasteiger partial charge in [0.05, 0.1) is 12.2 Å². The van der Waals surface area contributed by atoms with E-state index in [0.717, 1.165) is 6.92 Å². The van der Waals surface area contributed by atoms with Gasteiger partial charge in [-0.15, -0.1) is 0 Å². The first-order valence-electron chi connectivity index (χ1n) is 8.85. The summed E-state index contributed by atoms with van der Waals surface area (Å²) < 4.78 is 10.5. The van der Waals surface area contributed by atoms with Crippen molar-refractivity contribution in [2.24, 2.45) is 0 Å². The van der Waals surface area contributed by atoms with Gasteiger partial charge >= 0.3 is 5.97 Å². The SMILES string of the molecule is C=C1CCOC2([C@@H](O)[C@@](C)(O)COC(=O)c3ccccc3)NC(=O)[C@]1(O)NC2=O. The first-order chi connectivity index (χ1) is 13.5. The molecule has 10 nitrogen and oxygen atoms in total. The fraction of sp³-hybridized carbons (Fsp3) is 0.421. The van der Waals surface area contributed by atoms with Crippen molar-refractivity contribution in [2.75, 3.05) is 13.2 Å². The number of hydrogen-bond acceptors (Lipinski definition) is 8. The van der Waals surface area contributed by atoms with Crippen molar-refractivity contribution in [3.05, 3.63) is 48.0 Å². The average molecular weight is 406 g/mol. The molecule has 1 aromatic rings. The Bertz CT molecular complexity index is 855. The van der Waals surface area contributed by atoms with Crippen LogP contribution in [-0.4, -0.2) is 69.5 Å². The minimum Gasteiger partial charge on any atom is -0.459 e. The smallest absolute Gasteiger partial charge is 0.338 e. The highest BCUT2D eigenvalue weighted by Crippen LogP contribution is 2.33. The molecule has 2 amide bonds. The fourth-order valence-corrected chi connectivity index (χ4v) is 3.15. The Kier molecular flexibility index (Phi) is 5.22. The minimum absolute atomic E-state index is 0.00897. The first-order valence-corrected chi connectivity index (χ1v) is 8.85. The van der Waals surface area contributed by atoms with Gasteiger partial charge in [-0.05, 0) is 31.1 Å². The summed E-state index contributed by atoms with van der Waals surface area (Å²) in [6, 6.07) is 7.98. The Morgan fingerprint density at radius 1 is 1.31 bits per heavy atom. The van der Waals surface area contributed by atoms with Gasteiger partial charge in [0.2, 0.25) is 5.72 Å². The predicted molar refractivity (Wildman–Crippen MR) is 97.0 cm³/mol. The lowest BCUT2D eigenvalue weighted by atomic mass is 9.85. The maximum atomic E-state index is 12.7. The van der Waals surface area contributed by atoms with Gasteiger partial charge in [-0.3, -0.25) is 9.59 Å². The highest BCUT2D eigenvalue weighted by atomic mass is 16.6. The van der Waals surface area contributed by atoms with Crippen LogP contribution >= 0.6 is 0 Å². The lowest BCUT2D eigenvalue weighted by Crippen LogP contribution is -2.82. The number of carbonyl (C=O) groups is 3. The Balaban J connectivity index is 1.80. The molecule has 3 heterocycles. The number of amides is 2. The molecule has 3 aliphatic heterocycles. The fourth-order valence-electron chi connectivity index (χ4n) is 3.15. The monoisotopic (exact) mass is 406 g/mol. The molecule has 4 rings (SSSR count). The molecule has 156 valence electrons. The molecule has 4 atom stereocenters. The summed E-state index contributed by atoms with van der Waals surface area (Å²) in [5.74, 6) is -2.91. The van der Waals surface area contributed by atoms with Gasteiger partial charge < -0.3 is 35.4 Å². The summed E-state index contributed by atoms with van der Waals surface area (Å²) in [5.41, 5.74) is -6.71. The van der Waals surface area contributed by atoms with Crippen LogP contribution in [0.25, 0.3) is 0 Å². The number of piperazine rings is 1. The number of aliphatic hydroxyl groups is 3. The zero-order chi connectivity index (χ0) is 21.4. The number of esters is 1. The molecular formula is C19H22N2O8. The zero-order valence-corrected chi connectivity index (χ0v) is 15.7. The van der Waals surface area contributed by atoms with Crippen molar-refractivity contribution in [3.63, 3.8) is 0 Å². The van der Waals surface area contributed by atoms with E-state index in [2.05, 4.69) is 17.2 Å². The van der Waals surface area contributed by atoms with E-state index < -0.39 is 47.5 Å². The van der Waals surface area contributed by atoms with Crippen LogP contribution in [0.4, 0.5) is 0 Å². The van der Waals surface area contributed by atoms with E-state index >= 15 is 0 Å². The Hall–Kier alpha value is -2.79. The summed E-state index contributed by atoms with van der Waals surface area (Å²) >= 11 is 0. The normalized spacial score (nSPS) is 29.7. The molecule has 0 radical (unpaired) electrons. The number of benzene rings is 1. The van der Waals surface area contributed by atoms with Crippen molar-refractivity contribution >= 4 is 17.8 Å². The van der Waals surface area contributed by atoms with E-state index in [4.69, 9.17) is 9.47 Å². The molecule has 1 unspecified atom stereocenters. The molecule has 5 N–H and O–H groups in total. The van der Waals surface area contributed by atoms with Crippen molar-refractivity contribution < 1.29 is 39.2 Å². The topological polar surface area (TPSA) is 154 Å². The van der Waals surface area contributed by atoms with E-state index in [0.29, 0.717) is 0 Å². The number of rotatable bonds is 5. The van der Waals surface area contributed by atoms with Gasteiger partial charge in [-0.1, -0.05) is 24.8 Å². The van der Waals surface area contributed by atoms with Crippen LogP contribution in [0.15, 0.2) is 42.5 Å². The number of fused-ring (bicyclic) bond motifs is 5. The molecule has 0 saturated carbocycles. The first kappa shape index (κ1) is 20.9. The molecule has 0 aromatic heterocycles. The van der Waals surface area contributed by atoms with E-state index in [9.17, 15) is 29.7 Å². The van der Waals surface area contributed by atoms with Crippen LogP contribution in [-0.2, 0) is 19.1 Å². The third kappa shape index (κ3) is 3.51. The van der Waals surface area contributed by atoms with Crippen molar-refractivity contribution in [2.45, 2.75) is 36.5 Å². The highest BCUT2D eigenvalue weighted by Gasteiger charge is 2.63. The highest BCUT2D eigenvalue weighted by molar-refractivity contribution is 6.03. The van der Waals surface area contributed by atoms with E-state index in [-0.39, 0.29) is 24.2 Å². The third-order valence-electron chi connectivity index (χ3n) is 4.98. The molecule has 1 aromatic carbocycles. The molecule has 0 aliphatic carbocycles. The molecule has 3 aliphatic rings. The van der Waals surface area contributed by atoms with Crippen LogP contribution in [0.1, 0.15) is 23.7 Å². The maximum Gasteiger partial charge on any atom is 0.338 e. The predicted octanol–water partition coefficient (Wildman–Crippen LogP) is -1.44. The van der Waals surface area contributed by atoms with Gasteiger partial charge in [0.15, 0.2) is 0 Å². The Morgan fingerprint density at radius 3 is 2.62 bits per heavy atom. The van der Waals surface area contributed by atoms with Crippen molar-refractivity contribution in [1.82, 2.24) is 10.6 Å². The lowest BCUT2D eigenvalue weighted by Gasteiger charge is -2.49. The van der Waals surface area contributed by atoms with Crippen molar-refractivity contribution in [3.8, 4) is 0 Å². The second-order valence-corrected chi connectivity index (χ2v) is 7.26. The second kappa shape index (κ2) is 7.23. The quantitative estimate of drug-likeness (QED) is 0.294. The molecule has 29 heavy (non-hydrogen) atoms. The van der Waals surface area contributed by atoms with Gasteiger partial charge in [-0.25, -0.2) is 4.79 Å². The molecule has 0 spiro atoms. The van der Waals surface area contributed by atoms with E-state index in [1.807, 2.05) is 0 Å². The largest absolute Gasteiger partial charge is 0.459 e. The van der Waals surface area contributed by atoms with Crippen molar-refractivity contribution in [1.29, 1.82) is 0 Å². The van der Waals surface area contributed by atoms with Crippen LogP contribution in [0.2, 0.25) is 0 Å². The third-order valence-corrected chi connectivity index (χ3v) is 4.98. The summed E-state index contributed by atoms with van der Waals surface area (Å²) in [7, 11) is 0. The number of aliphatic hydroxyl groups excluding tert-OH is 1. The Morgan fingerprint density at radius 2 is 1.97 bits per heavy atom. The van der Waals surface area contributed by atoms with E-state index in [1.54, 1.807) is 18.2 Å². The minimum atomic E-state index is -2.40. The number of ether oxygens (including phenoxy) is 2. The Labute approximate surface area is 166 Å². The van der Waals surface area contributed by atoms with Crippen LogP contribution < -0.4 is 10.6 Å². The van der Waals surface area contributed by atoms with Crippen LogP contribution in [0.3, 0.4) is 0 Å². The standard InChI is InChI=1S/C19H22N2O8/c1-11-8-9-29-19(16(25)20-18(11,27)15(24)21-19)14(23)17(2,26)10-28-13(22)12-6-4-3-5-7-12/h3-7,14,23,26-27H,1,8-10H2,2H3,(H,20,25)(H,21,24)/t14-,17-,18-,19?/m0/s1. The summed E-state index contributed by atoms with van der Waals surface area (Å²) in [6.07, 6.45) is -2.03. The van der Waals surface area contributed by atoms with Gasteiger partial charge in [0.25, 0.3) is 17.5 Å². The summed E-state index contributed by atoms with van der Waals surface area (Å²) in [6.45, 7) is 3.81. The zero-order valence-electron chi connectivity index (χ0n) is 15.7. The molecule has 3 fully saturated rings. The van der Waals surface area contributed by atoms with Gasteiger partial charge in [-0.2, -0.15) is 0 Å². The second-order valence-electron chi connectivity index (χ2n) is 7.26. The van der Waals surface area contributed by atoms with Crippen LogP contribution in [0.5, 0.6) is 0 Å². The van der Waals surface area contributed by atoms with E-state index in [1.165, 1.54) is 12.1 Å². The number of hydrogen-bond donors (Lipinski definition) is 5. The summed E-state index contributed by atoms with van der Waals surface area (Å²) in [4.78, 5) is 37.2. The number of nitrogens with one attached hydrogen (secondary N) is 2. The molecular weight excluding hydrogens is 384 g/mol. The van der Waals surface area contributed by atoms with Crippen LogP contribution in [0, 0.1) is 0 Å².